The molecule has 0 bridgehead atoms. The average molecular weight is 199 g/mol. The Morgan fingerprint density at radius 1 is 1.07 bits per heavy atom. The van der Waals surface area contributed by atoms with Gasteiger partial charge in [0.25, 0.3) is 0 Å². The SMILES string of the molecule is Nc1cnc(Cc2ccccc2)c(N)c1. The first kappa shape index (κ1) is 9.52. The van der Waals surface area contributed by atoms with Crippen molar-refractivity contribution in [1.82, 2.24) is 4.98 Å². The van der Waals surface area contributed by atoms with Gasteiger partial charge < -0.3 is 11.5 Å². The molecule has 0 aliphatic rings. The van der Waals surface area contributed by atoms with Crippen LogP contribution in [-0.2, 0) is 6.42 Å². The number of hydrogen-bond donors (Lipinski definition) is 2. The average Bonchev–Trinajstić information content (AvgIpc) is 2.24. The number of benzene rings is 1. The van der Waals surface area contributed by atoms with Crippen LogP contribution in [0.2, 0.25) is 0 Å². The number of aromatic nitrogens is 1. The van der Waals surface area contributed by atoms with Gasteiger partial charge in [-0.05, 0) is 11.6 Å². The molecule has 1 heterocycles. The zero-order valence-corrected chi connectivity index (χ0v) is 8.35. The summed E-state index contributed by atoms with van der Waals surface area (Å²) in [6.07, 6.45) is 2.38. The minimum atomic E-state index is 0.601. The summed E-state index contributed by atoms with van der Waals surface area (Å²) in [5.74, 6) is 0. The van der Waals surface area contributed by atoms with Crippen LogP contribution in [0.15, 0.2) is 42.6 Å². The van der Waals surface area contributed by atoms with E-state index in [4.69, 9.17) is 11.5 Å². The molecular formula is C12H13N3. The first-order valence-electron chi connectivity index (χ1n) is 4.79. The normalized spacial score (nSPS) is 10.1. The van der Waals surface area contributed by atoms with Crippen molar-refractivity contribution in [3.63, 3.8) is 0 Å². The smallest absolute Gasteiger partial charge is 0.0677 e. The van der Waals surface area contributed by atoms with Gasteiger partial charge in [-0.25, -0.2) is 0 Å². The summed E-state index contributed by atoms with van der Waals surface area (Å²) in [6, 6.07) is 11.8. The Morgan fingerprint density at radius 2 is 1.80 bits per heavy atom. The molecule has 0 fully saturated rings. The fourth-order valence-corrected chi connectivity index (χ4v) is 1.46. The van der Waals surface area contributed by atoms with E-state index in [2.05, 4.69) is 17.1 Å². The molecule has 0 aliphatic carbocycles. The Labute approximate surface area is 88.8 Å². The molecule has 0 unspecified atom stereocenters. The van der Waals surface area contributed by atoms with E-state index in [9.17, 15) is 0 Å². The topological polar surface area (TPSA) is 64.9 Å². The lowest BCUT2D eigenvalue weighted by molar-refractivity contribution is 1.08. The van der Waals surface area contributed by atoms with Gasteiger partial charge in [-0.3, -0.25) is 4.98 Å². The minimum Gasteiger partial charge on any atom is -0.397 e. The van der Waals surface area contributed by atoms with Crippen LogP contribution in [0.1, 0.15) is 11.3 Å². The van der Waals surface area contributed by atoms with Crippen LogP contribution < -0.4 is 11.5 Å². The van der Waals surface area contributed by atoms with Crippen molar-refractivity contribution in [2.45, 2.75) is 6.42 Å². The Morgan fingerprint density at radius 3 is 2.47 bits per heavy atom. The quantitative estimate of drug-likeness (QED) is 0.775. The van der Waals surface area contributed by atoms with Crippen molar-refractivity contribution in [1.29, 1.82) is 0 Å². The molecule has 0 aliphatic heterocycles. The third kappa shape index (κ3) is 2.26. The molecule has 1 aromatic heterocycles. The molecule has 0 saturated carbocycles. The van der Waals surface area contributed by atoms with Gasteiger partial charge in [-0.15, -0.1) is 0 Å². The van der Waals surface area contributed by atoms with Gasteiger partial charge in [0, 0.05) is 6.42 Å². The largest absolute Gasteiger partial charge is 0.397 e. The lowest BCUT2D eigenvalue weighted by Gasteiger charge is -2.05. The standard InChI is InChI=1S/C12H13N3/c13-10-7-11(14)12(15-8-10)6-9-4-2-1-3-5-9/h1-5,7-8H,6,13-14H2. The highest BCUT2D eigenvalue weighted by atomic mass is 14.8. The van der Waals surface area contributed by atoms with Crippen LogP contribution in [-0.4, -0.2) is 4.98 Å². The van der Waals surface area contributed by atoms with Gasteiger partial charge in [0.2, 0.25) is 0 Å². The number of nitrogens with zero attached hydrogens (tertiary/aromatic N) is 1. The summed E-state index contributed by atoms with van der Waals surface area (Å²) in [6.45, 7) is 0. The first-order valence-corrected chi connectivity index (χ1v) is 4.79. The van der Waals surface area contributed by atoms with Gasteiger partial charge in [-0.2, -0.15) is 0 Å². The maximum atomic E-state index is 5.83. The molecular weight excluding hydrogens is 186 g/mol. The Hall–Kier alpha value is -2.03. The Kier molecular flexibility index (Phi) is 2.54. The van der Waals surface area contributed by atoms with Gasteiger partial charge in [0.15, 0.2) is 0 Å². The fourth-order valence-electron chi connectivity index (χ4n) is 1.46. The van der Waals surface area contributed by atoms with Crippen molar-refractivity contribution in [3.8, 4) is 0 Å². The molecule has 3 heteroatoms. The molecule has 2 aromatic rings. The molecule has 15 heavy (non-hydrogen) atoms. The lowest BCUT2D eigenvalue weighted by Crippen LogP contribution is -2.00. The van der Waals surface area contributed by atoms with E-state index in [1.807, 2.05) is 18.2 Å². The molecule has 0 saturated heterocycles. The highest BCUT2D eigenvalue weighted by molar-refractivity contribution is 5.53. The summed E-state index contributed by atoms with van der Waals surface area (Å²) in [4.78, 5) is 4.22. The molecule has 1 aromatic carbocycles. The second-order valence-corrected chi connectivity index (χ2v) is 3.47. The molecule has 3 nitrogen and oxygen atoms in total. The van der Waals surface area contributed by atoms with E-state index in [-0.39, 0.29) is 0 Å². The monoisotopic (exact) mass is 199 g/mol. The van der Waals surface area contributed by atoms with E-state index in [1.54, 1.807) is 12.3 Å². The minimum absolute atomic E-state index is 0.601. The molecule has 0 amide bonds. The molecule has 0 atom stereocenters. The molecule has 0 radical (unpaired) electrons. The zero-order valence-electron chi connectivity index (χ0n) is 8.35. The summed E-state index contributed by atoms with van der Waals surface area (Å²) < 4.78 is 0. The van der Waals surface area contributed by atoms with E-state index in [0.717, 1.165) is 12.1 Å². The van der Waals surface area contributed by atoms with E-state index < -0.39 is 0 Å². The maximum Gasteiger partial charge on any atom is 0.0677 e. The van der Waals surface area contributed by atoms with E-state index in [0.29, 0.717) is 11.4 Å². The summed E-state index contributed by atoms with van der Waals surface area (Å²) in [5.41, 5.74) is 14.7. The van der Waals surface area contributed by atoms with Gasteiger partial charge >= 0.3 is 0 Å². The number of nitrogens with two attached hydrogens (primary N) is 2. The molecule has 0 spiro atoms. The predicted octanol–water partition coefficient (Wildman–Crippen LogP) is 1.84. The van der Waals surface area contributed by atoms with Gasteiger partial charge in [-0.1, -0.05) is 30.3 Å². The highest BCUT2D eigenvalue weighted by Gasteiger charge is 2.02. The summed E-state index contributed by atoms with van der Waals surface area (Å²) in [5, 5.41) is 0. The second kappa shape index (κ2) is 4.00. The third-order valence-corrected chi connectivity index (χ3v) is 2.24. The fraction of sp³-hybridized carbons (Fsp3) is 0.0833. The van der Waals surface area contributed by atoms with E-state index in [1.165, 1.54) is 5.56 Å². The number of nitrogen functional groups attached to an aromatic ring is 2. The third-order valence-electron chi connectivity index (χ3n) is 2.24. The Bertz CT molecular complexity index is 452. The summed E-state index contributed by atoms with van der Waals surface area (Å²) in [7, 11) is 0. The van der Waals surface area contributed by atoms with Crippen molar-refractivity contribution >= 4 is 11.4 Å². The molecule has 76 valence electrons. The van der Waals surface area contributed by atoms with Crippen molar-refractivity contribution in [3.05, 3.63) is 53.9 Å². The van der Waals surface area contributed by atoms with Crippen LogP contribution in [0.5, 0.6) is 0 Å². The lowest BCUT2D eigenvalue weighted by atomic mass is 10.1. The predicted molar refractivity (Wildman–Crippen MR) is 62.3 cm³/mol. The number of pyridine rings is 1. The van der Waals surface area contributed by atoms with Crippen molar-refractivity contribution in [2.24, 2.45) is 0 Å². The molecule has 4 N–H and O–H groups in total. The van der Waals surface area contributed by atoms with E-state index >= 15 is 0 Å². The van der Waals surface area contributed by atoms with Crippen molar-refractivity contribution < 1.29 is 0 Å². The summed E-state index contributed by atoms with van der Waals surface area (Å²) >= 11 is 0. The highest BCUT2D eigenvalue weighted by Crippen LogP contribution is 2.16. The van der Waals surface area contributed by atoms with Crippen LogP contribution in [0.4, 0.5) is 11.4 Å². The van der Waals surface area contributed by atoms with Gasteiger partial charge in [0.05, 0.1) is 23.3 Å². The van der Waals surface area contributed by atoms with Crippen molar-refractivity contribution in [2.75, 3.05) is 11.5 Å². The van der Waals surface area contributed by atoms with Crippen LogP contribution in [0.25, 0.3) is 0 Å². The number of anilines is 2. The molecule has 2 rings (SSSR count). The van der Waals surface area contributed by atoms with Gasteiger partial charge in [0.1, 0.15) is 0 Å². The first-order chi connectivity index (χ1) is 7.25. The second-order valence-electron chi connectivity index (χ2n) is 3.47. The van der Waals surface area contributed by atoms with Crippen LogP contribution in [0.3, 0.4) is 0 Å². The number of rotatable bonds is 2. The van der Waals surface area contributed by atoms with Crippen LogP contribution >= 0.6 is 0 Å². The zero-order chi connectivity index (χ0) is 10.7. The number of hydrogen-bond acceptors (Lipinski definition) is 3. The van der Waals surface area contributed by atoms with Crippen LogP contribution in [0, 0.1) is 0 Å². The Balaban J connectivity index is 2.25. The maximum absolute atomic E-state index is 5.83.